The van der Waals surface area contributed by atoms with Crippen molar-refractivity contribution in [2.24, 2.45) is 0 Å². The van der Waals surface area contributed by atoms with Crippen LogP contribution in [0.1, 0.15) is 37.9 Å². The van der Waals surface area contributed by atoms with Gasteiger partial charge in [0.05, 0.1) is 11.6 Å². The third-order valence-corrected chi connectivity index (χ3v) is 5.67. The van der Waals surface area contributed by atoms with E-state index in [1.54, 1.807) is 24.3 Å². The molecule has 33 heavy (non-hydrogen) atoms. The number of hydrogen-bond acceptors (Lipinski definition) is 6. The summed E-state index contributed by atoms with van der Waals surface area (Å²) in [7, 11) is 0. The smallest absolute Gasteiger partial charge is 0.308 e. The van der Waals surface area contributed by atoms with Crippen LogP contribution in [0.4, 0.5) is 4.39 Å². The molecule has 1 saturated heterocycles. The van der Waals surface area contributed by atoms with E-state index < -0.39 is 29.5 Å². The van der Waals surface area contributed by atoms with Gasteiger partial charge in [-0.1, -0.05) is 26.0 Å². The minimum absolute atomic E-state index is 0.0635. The molecular formula is C25H27FN2O5. The van der Waals surface area contributed by atoms with E-state index in [1.807, 2.05) is 13.8 Å². The van der Waals surface area contributed by atoms with E-state index in [9.17, 15) is 23.9 Å². The van der Waals surface area contributed by atoms with Crippen molar-refractivity contribution in [3.63, 3.8) is 0 Å². The number of Topliss-reactive ketones (excluding diaryl/α,β-unsaturated/α-hetero) is 1. The minimum atomic E-state index is -0.836. The maximum absolute atomic E-state index is 13.4. The topological polar surface area (TPSA) is 87.2 Å². The van der Waals surface area contributed by atoms with Gasteiger partial charge in [0.15, 0.2) is 0 Å². The fraction of sp³-hybridized carbons (Fsp3) is 0.320. The number of ether oxygens (including phenoxy) is 1. The number of rotatable bonds is 8. The van der Waals surface area contributed by atoms with Crippen molar-refractivity contribution in [2.45, 2.75) is 26.8 Å². The molecule has 0 spiro atoms. The second-order valence-electron chi connectivity index (χ2n) is 7.69. The van der Waals surface area contributed by atoms with Crippen molar-refractivity contribution >= 4 is 23.4 Å². The first-order chi connectivity index (χ1) is 15.8. The Balaban J connectivity index is 2.07. The third kappa shape index (κ3) is 5.28. The van der Waals surface area contributed by atoms with Crippen LogP contribution in [0.25, 0.3) is 5.76 Å². The number of nitrogens with zero attached hydrogens (tertiary/aromatic N) is 2. The normalized spacial score (nSPS) is 17.6. The molecule has 174 valence electrons. The number of carbonyl (C=O) groups excluding carboxylic acids is 3. The lowest BCUT2D eigenvalue weighted by Gasteiger charge is -2.28. The molecule has 0 aliphatic carbocycles. The summed E-state index contributed by atoms with van der Waals surface area (Å²) < 4.78 is 18.4. The van der Waals surface area contributed by atoms with Gasteiger partial charge in [-0.25, -0.2) is 4.39 Å². The number of amides is 1. The molecule has 0 bridgehead atoms. The lowest BCUT2D eigenvalue weighted by molar-refractivity contribution is -0.140. The van der Waals surface area contributed by atoms with E-state index in [4.69, 9.17) is 4.74 Å². The molecular weight excluding hydrogens is 427 g/mol. The lowest BCUT2D eigenvalue weighted by Crippen LogP contribution is -2.38. The molecule has 1 atom stereocenters. The van der Waals surface area contributed by atoms with E-state index in [1.165, 1.54) is 36.1 Å². The molecule has 0 radical (unpaired) electrons. The number of likely N-dealkylation sites (tertiary alicyclic amines) is 1. The highest BCUT2D eigenvalue weighted by Gasteiger charge is 2.46. The first kappa shape index (κ1) is 24.1. The first-order valence-electron chi connectivity index (χ1n) is 10.8. The molecule has 0 aromatic heterocycles. The number of likely N-dealkylation sites (N-methyl/N-ethyl adjacent to an activating group) is 1. The summed E-state index contributed by atoms with van der Waals surface area (Å²) in [6, 6.07) is 10.7. The van der Waals surface area contributed by atoms with Crippen LogP contribution in [0.3, 0.4) is 0 Å². The highest BCUT2D eigenvalue weighted by molar-refractivity contribution is 6.46. The number of aliphatic hydroxyl groups is 1. The zero-order valence-corrected chi connectivity index (χ0v) is 18.9. The van der Waals surface area contributed by atoms with Crippen molar-refractivity contribution in [3.8, 4) is 5.75 Å². The Morgan fingerprint density at radius 2 is 1.67 bits per heavy atom. The SMILES string of the molecule is CCN(CC)CCN1C(=O)C(=O)/C(=C(\O)c2ccc(F)cc2)C1c1ccc(OC(C)=O)cc1. The van der Waals surface area contributed by atoms with Crippen molar-refractivity contribution in [3.05, 3.63) is 71.0 Å². The highest BCUT2D eigenvalue weighted by atomic mass is 19.1. The molecule has 7 nitrogen and oxygen atoms in total. The number of halogens is 1. The largest absolute Gasteiger partial charge is 0.507 e. The Morgan fingerprint density at radius 1 is 1.06 bits per heavy atom. The van der Waals surface area contributed by atoms with Crippen LogP contribution in [0.2, 0.25) is 0 Å². The Kier molecular flexibility index (Phi) is 7.60. The number of aliphatic hydroxyl groups excluding tert-OH is 1. The van der Waals surface area contributed by atoms with Gasteiger partial charge >= 0.3 is 5.97 Å². The molecule has 1 aliphatic heterocycles. The predicted octanol–water partition coefficient (Wildman–Crippen LogP) is 3.51. The van der Waals surface area contributed by atoms with E-state index >= 15 is 0 Å². The molecule has 3 rings (SSSR count). The maximum Gasteiger partial charge on any atom is 0.308 e. The second-order valence-corrected chi connectivity index (χ2v) is 7.69. The van der Waals surface area contributed by atoms with Crippen molar-refractivity contribution < 1.29 is 28.6 Å². The van der Waals surface area contributed by atoms with Crippen molar-refractivity contribution in [1.29, 1.82) is 0 Å². The van der Waals surface area contributed by atoms with E-state index in [-0.39, 0.29) is 23.4 Å². The predicted molar refractivity (Wildman–Crippen MR) is 121 cm³/mol. The van der Waals surface area contributed by atoms with Gasteiger partial charge in [-0.05, 0) is 55.1 Å². The van der Waals surface area contributed by atoms with Crippen LogP contribution < -0.4 is 4.74 Å². The summed E-state index contributed by atoms with van der Waals surface area (Å²) >= 11 is 0. The number of hydrogen-bond donors (Lipinski definition) is 1. The molecule has 1 N–H and O–H groups in total. The van der Waals surface area contributed by atoms with Gasteiger partial charge in [0.2, 0.25) is 0 Å². The second kappa shape index (κ2) is 10.4. The molecule has 2 aromatic carbocycles. The third-order valence-electron chi connectivity index (χ3n) is 5.67. The quantitative estimate of drug-likeness (QED) is 0.216. The van der Waals surface area contributed by atoms with E-state index in [2.05, 4.69) is 4.90 Å². The van der Waals surface area contributed by atoms with Gasteiger partial charge in [-0.2, -0.15) is 0 Å². The number of benzene rings is 2. The van der Waals surface area contributed by atoms with Crippen LogP contribution in [0.15, 0.2) is 54.1 Å². The van der Waals surface area contributed by atoms with Crippen LogP contribution in [0.5, 0.6) is 5.75 Å². The highest BCUT2D eigenvalue weighted by Crippen LogP contribution is 2.39. The van der Waals surface area contributed by atoms with Gasteiger partial charge in [0.1, 0.15) is 17.3 Å². The van der Waals surface area contributed by atoms with Gasteiger partial charge in [0, 0.05) is 25.6 Å². The van der Waals surface area contributed by atoms with Crippen molar-refractivity contribution in [1.82, 2.24) is 9.80 Å². The molecule has 1 aliphatic rings. The average molecular weight is 454 g/mol. The van der Waals surface area contributed by atoms with E-state index in [0.29, 0.717) is 17.9 Å². The van der Waals surface area contributed by atoms with Crippen LogP contribution in [-0.2, 0) is 14.4 Å². The van der Waals surface area contributed by atoms with Gasteiger partial charge in [0.25, 0.3) is 11.7 Å². The summed E-state index contributed by atoms with van der Waals surface area (Å²) in [6.45, 7) is 7.73. The molecule has 1 unspecified atom stereocenters. The summed E-state index contributed by atoms with van der Waals surface area (Å²) in [5, 5.41) is 11.0. The monoisotopic (exact) mass is 454 g/mol. The summed E-state index contributed by atoms with van der Waals surface area (Å²) in [5.41, 5.74) is 0.749. The number of ketones is 1. The number of carbonyl (C=O) groups is 3. The standard InChI is InChI=1S/C25H27FN2O5/c1-4-27(5-2)14-15-28-22(17-8-12-20(13-9-17)33-16(3)29)21(24(31)25(28)32)23(30)18-6-10-19(26)11-7-18/h6-13,22,30H,4-5,14-15H2,1-3H3/b23-21-. The molecule has 1 amide bonds. The van der Waals surface area contributed by atoms with Crippen LogP contribution in [0, 0.1) is 5.82 Å². The summed E-state index contributed by atoms with van der Waals surface area (Å²) in [4.78, 5) is 40.8. The van der Waals surface area contributed by atoms with E-state index in [0.717, 1.165) is 13.1 Å². The van der Waals surface area contributed by atoms with Crippen LogP contribution >= 0.6 is 0 Å². The first-order valence-corrected chi connectivity index (χ1v) is 10.8. The fourth-order valence-corrected chi connectivity index (χ4v) is 3.89. The Hall–Kier alpha value is -3.52. The van der Waals surface area contributed by atoms with Crippen LogP contribution in [-0.4, -0.2) is 58.7 Å². The Labute approximate surface area is 192 Å². The maximum atomic E-state index is 13.4. The minimum Gasteiger partial charge on any atom is -0.507 e. The summed E-state index contributed by atoms with van der Waals surface area (Å²) in [5.74, 6) is -2.50. The molecule has 1 heterocycles. The lowest BCUT2D eigenvalue weighted by atomic mass is 9.95. The fourth-order valence-electron chi connectivity index (χ4n) is 3.89. The molecule has 1 fully saturated rings. The molecule has 8 heteroatoms. The zero-order chi connectivity index (χ0) is 24.1. The summed E-state index contributed by atoms with van der Waals surface area (Å²) in [6.07, 6.45) is 0. The average Bonchev–Trinajstić information content (AvgIpc) is 3.05. The van der Waals surface area contributed by atoms with Gasteiger partial charge < -0.3 is 19.6 Å². The molecule has 0 saturated carbocycles. The van der Waals surface area contributed by atoms with Gasteiger partial charge in [-0.15, -0.1) is 0 Å². The number of esters is 1. The zero-order valence-electron chi connectivity index (χ0n) is 18.9. The Morgan fingerprint density at radius 3 is 2.21 bits per heavy atom. The Bertz CT molecular complexity index is 1060. The molecule has 2 aromatic rings. The van der Waals surface area contributed by atoms with Crippen molar-refractivity contribution in [2.75, 3.05) is 26.2 Å². The van der Waals surface area contributed by atoms with Gasteiger partial charge in [-0.3, -0.25) is 14.4 Å².